The molecule has 19 heavy (non-hydrogen) atoms. The fourth-order valence-corrected chi connectivity index (χ4v) is 1.85. The number of carbonyl (C=O) groups is 2. The first kappa shape index (κ1) is 13.3. The van der Waals surface area contributed by atoms with Crippen LogP contribution in [0.1, 0.15) is 19.3 Å². The number of aromatic nitrogens is 2. The smallest absolute Gasteiger partial charge is 0.269 e. The van der Waals surface area contributed by atoms with Crippen LogP contribution in [-0.4, -0.2) is 45.8 Å². The Hall–Kier alpha value is -2.18. The van der Waals surface area contributed by atoms with E-state index < -0.39 is 0 Å². The lowest BCUT2D eigenvalue weighted by atomic mass is 10.1. The molecule has 0 saturated carbocycles. The molecule has 1 aromatic heterocycles. The monoisotopic (exact) mass is 263 g/mol. The van der Waals surface area contributed by atoms with Gasteiger partial charge in [-0.25, -0.2) is 5.43 Å². The lowest BCUT2D eigenvalue weighted by Crippen LogP contribution is -2.38. The van der Waals surface area contributed by atoms with Crippen LogP contribution in [0.4, 0.5) is 0 Å². The molecule has 7 nitrogen and oxygen atoms in total. The minimum atomic E-state index is -0.141. The fourth-order valence-electron chi connectivity index (χ4n) is 1.85. The van der Waals surface area contributed by atoms with E-state index in [1.165, 1.54) is 0 Å². The lowest BCUT2D eigenvalue weighted by Gasteiger charge is -2.19. The first-order valence-electron chi connectivity index (χ1n) is 6.25. The number of hydrogen-bond acceptors (Lipinski definition) is 4. The van der Waals surface area contributed by atoms with Crippen LogP contribution in [-0.2, 0) is 16.1 Å². The zero-order chi connectivity index (χ0) is 13.7. The lowest BCUT2D eigenvalue weighted by molar-refractivity contribution is -0.123. The number of hydrazone groups is 1. The van der Waals surface area contributed by atoms with Crippen molar-refractivity contribution in [2.24, 2.45) is 5.10 Å². The van der Waals surface area contributed by atoms with Gasteiger partial charge in [-0.15, -0.1) is 0 Å². The number of carbonyl (C=O) groups excluding carboxylic acids is 2. The average Bonchev–Trinajstić information content (AvgIpc) is 2.92. The number of nitrogens with zero attached hydrogens (tertiary/aromatic N) is 4. The molecule has 1 N–H and O–H groups in total. The molecular weight excluding hydrogens is 246 g/mol. The van der Waals surface area contributed by atoms with Gasteiger partial charge >= 0.3 is 0 Å². The van der Waals surface area contributed by atoms with E-state index in [0.29, 0.717) is 25.1 Å². The third-order valence-corrected chi connectivity index (χ3v) is 2.94. The second-order valence-electron chi connectivity index (χ2n) is 4.44. The fraction of sp³-hybridized carbons (Fsp3) is 0.500. The highest BCUT2D eigenvalue weighted by Crippen LogP contribution is 2.03. The Morgan fingerprint density at radius 2 is 2.37 bits per heavy atom. The van der Waals surface area contributed by atoms with Gasteiger partial charge in [0, 0.05) is 45.4 Å². The normalized spacial score (nSPS) is 14.8. The molecule has 102 valence electrons. The van der Waals surface area contributed by atoms with E-state index in [1.807, 2.05) is 16.9 Å². The Morgan fingerprint density at radius 1 is 1.53 bits per heavy atom. The molecule has 7 heteroatoms. The molecule has 1 aromatic rings. The number of aryl methyl sites for hydroxylation is 1. The summed E-state index contributed by atoms with van der Waals surface area (Å²) in [7, 11) is 1.74. The van der Waals surface area contributed by atoms with Crippen molar-refractivity contribution in [3.05, 3.63) is 18.5 Å². The predicted molar refractivity (Wildman–Crippen MR) is 69.3 cm³/mol. The maximum Gasteiger partial charge on any atom is 0.269 e. The highest BCUT2D eigenvalue weighted by atomic mass is 16.2. The minimum absolute atomic E-state index is 0.125. The van der Waals surface area contributed by atoms with E-state index in [4.69, 9.17) is 0 Å². The van der Waals surface area contributed by atoms with Crippen molar-refractivity contribution in [3.8, 4) is 0 Å². The van der Waals surface area contributed by atoms with E-state index >= 15 is 0 Å². The van der Waals surface area contributed by atoms with Crippen molar-refractivity contribution in [1.82, 2.24) is 20.1 Å². The number of rotatable bonds is 5. The second kappa shape index (κ2) is 6.12. The Kier molecular flexibility index (Phi) is 4.27. The van der Waals surface area contributed by atoms with Gasteiger partial charge in [-0.3, -0.25) is 14.3 Å². The molecule has 0 spiro atoms. The van der Waals surface area contributed by atoms with Gasteiger partial charge in [0.25, 0.3) is 5.91 Å². The van der Waals surface area contributed by atoms with Crippen molar-refractivity contribution < 1.29 is 9.59 Å². The highest BCUT2D eigenvalue weighted by Gasteiger charge is 2.20. The van der Waals surface area contributed by atoms with Crippen LogP contribution >= 0.6 is 0 Å². The second-order valence-corrected chi connectivity index (χ2v) is 4.44. The van der Waals surface area contributed by atoms with Gasteiger partial charge < -0.3 is 4.90 Å². The maximum atomic E-state index is 12.0. The molecule has 2 rings (SSSR count). The Bertz CT molecular complexity index is 480. The summed E-state index contributed by atoms with van der Waals surface area (Å²) in [6.07, 6.45) is 5.18. The molecule has 0 unspecified atom stereocenters. The number of hydrogen-bond donors (Lipinski definition) is 1. The van der Waals surface area contributed by atoms with Gasteiger partial charge in [0.05, 0.1) is 0 Å². The third-order valence-electron chi connectivity index (χ3n) is 2.94. The van der Waals surface area contributed by atoms with Gasteiger partial charge in [0.2, 0.25) is 5.91 Å². The van der Waals surface area contributed by atoms with E-state index in [0.717, 1.165) is 13.0 Å². The van der Waals surface area contributed by atoms with Crippen molar-refractivity contribution >= 4 is 17.5 Å². The van der Waals surface area contributed by atoms with E-state index in [-0.39, 0.29) is 11.8 Å². The molecule has 1 aliphatic rings. The number of nitrogens with one attached hydrogen (secondary N) is 1. The Labute approximate surface area is 111 Å². The highest BCUT2D eigenvalue weighted by molar-refractivity contribution is 6.39. The van der Waals surface area contributed by atoms with Crippen LogP contribution in [0.2, 0.25) is 0 Å². The summed E-state index contributed by atoms with van der Waals surface area (Å²) >= 11 is 0. The average molecular weight is 263 g/mol. The van der Waals surface area contributed by atoms with Gasteiger partial charge in [-0.2, -0.15) is 10.2 Å². The van der Waals surface area contributed by atoms with Crippen LogP contribution in [0, 0.1) is 0 Å². The largest absolute Gasteiger partial charge is 0.341 e. The van der Waals surface area contributed by atoms with Crippen LogP contribution in [0.5, 0.6) is 0 Å². The van der Waals surface area contributed by atoms with E-state index in [9.17, 15) is 9.59 Å². The summed E-state index contributed by atoms with van der Waals surface area (Å²) in [6, 6.07) is 1.87. The Balaban J connectivity index is 1.77. The molecule has 0 saturated heterocycles. The summed E-state index contributed by atoms with van der Waals surface area (Å²) < 4.78 is 1.83. The SMILES string of the molecule is CN(CCCn1cccn1)C(=O)C1=NNC(=O)CC1. The van der Waals surface area contributed by atoms with Gasteiger partial charge in [-0.1, -0.05) is 0 Å². The molecule has 0 bridgehead atoms. The molecule has 2 amide bonds. The van der Waals surface area contributed by atoms with E-state index in [2.05, 4.69) is 15.6 Å². The Morgan fingerprint density at radius 3 is 3.00 bits per heavy atom. The van der Waals surface area contributed by atoms with Crippen molar-refractivity contribution in [2.75, 3.05) is 13.6 Å². The summed E-state index contributed by atoms with van der Waals surface area (Å²) in [5.41, 5.74) is 2.75. The third kappa shape index (κ3) is 3.64. The topological polar surface area (TPSA) is 79.6 Å². The molecular formula is C12H17N5O2. The molecule has 0 aliphatic carbocycles. The summed E-state index contributed by atoms with van der Waals surface area (Å²) in [5.74, 6) is -0.265. The standard InChI is InChI=1S/C12H17N5O2/c1-16(7-3-9-17-8-2-6-13-17)12(19)10-4-5-11(18)15-14-10/h2,6,8H,3-5,7,9H2,1H3,(H,15,18). The molecule has 2 heterocycles. The first-order valence-corrected chi connectivity index (χ1v) is 6.25. The number of amides is 2. The quantitative estimate of drug-likeness (QED) is 0.812. The predicted octanol–water partition coefficient (Wildman–Crippen LogP) is -0.00240. The zero-order valence-electron chi connectivity index (χ0n) is 10.9. The minimum Gasteiger partial charge on any atom is -0.341 e. The van der Waals surface area contributed by atoms with Crippen molar-refractivity contribution in [2.45, 2.75) is 25.8 Å². The van der Waals surface area contributed by atoms with Crippen molar-refractivity contribution in [1.29, 1.82) is 0 Å². The van der Waals surface area contributed by atoms with E-state index in [1.54, 1.807) is 18.1 Å². The molecule has 0 fully saturated rings. The summed E-state index contributed by atoms with van der Waals surface area (Å²) in [6.45, 7) is 1.40. The van der Waals surface area contributed by atoms with Crippen LogP contribution in [0.25, 0.3) is 0 Å². The molecule has 0 atom stereocenters. The summed E-state index contributed by atoms with van der Waals surface area (Å²) in [5, 5.41) is 7.90. The van der Waals surface area contributed by atoms with Gasteiger partial charge in [0.15, 0.2) is 0 Å². The van der Waals surface area contributed by atoms with Crippen LogP contribution < -0.4 is 5.43 Å². The van der Waals surface area contributed by atoms with Gasteiger partial charge in [-0.05, 0) is 12.5 Å². The zero-order valence-corrected chi connectivity index (χ0v) is 10.9. The van der Waals surface area contributed by atoms with Crippen LogP contribution in [0.3, 0.4) is 0 Å². The molecule has 1 aliphatic heterocycles. The van der Waals surface area contributed by atoms with Crippen molar-refractivity contribution in [3.63, 3.8) is 0 Å². The first-order chi connectivity index (χ1) is 9.16. The molecule has 0 radical (unpaired) electrons. The maximum absolute atomic E-state index is 12.0. The van der Waals surface area contributed by atoms with Gasteiger partial charge in [0.1, 0.15) is 5.71 Å². The van der Waals surface area contributed by atoms with Crippen LogP contribution in [0.15, 0.2) is 23.6 Å². The molecule has 0 aromatic carbocycles. The summed E-state index contributed by atoms with van der Waals surface area (Å²) in [4.78, 5) is 24.6.